The van der Waals surface area contributed by atoms with Crippen molar-refractivity contribution in [3.8, 4) is 0 Å². The fourth-order valence-corrected chi connectivity index (χ4v) is 5.00. The number of rotatable bonds is 6. The molecule has 0 unspecified atom stereocenters. The molecule has 2 amide bonds. The molecular formula is C18H20N2O5S2. The molecule has 1 aliphatic rings. The van der Waals surface area contributed by atoms with Gasteiger partial charge in [-0.1, -0.05) is 6.07 Å². The van der Waals surface area contributed by atoms with Crippen LogP contribution in [0.3, 0.4) is 0 Å². The summed E-state index contributed by atoms with van der Waals surface area (Å²) in [5, 5.41) is 4.35. The first-order valence-electron chi connectivity index (χ1n) is 8.40. The summed E-state index contributed by atoms with van der Waals surface area (Å²) in [5.74, 6) is -0.235. The summed E-state index contributed by atoms with van der Waals surface area (Å²) in [4.78, 5) is 39.0. The zero-order chi connectivity index (χ0) is 19.4. The summed E-state index contributed by atoms with van der Waals surface area (Å²) < 4.78 is 10.5. The van der Waals surface area contributed by atoms with Crippen LogP contribution in [-0.4, -0.2) is 41.1 Å². The number of esters is 1. The van der Waals surface area contributed by atoms with E-state index in [1.165, 1.54) is 29.8 Å². The maximum absolute atomic E-state index is 12.5. The second kappa shape index (κ2) is 8.62. The predicted octanol–water partition coefficient (Wildman–Crippen LogP) is 2.72. The molecule has 3 rings (SSSR count). The van der Waals surface area contributed by atoms with Gasteiger partial charge in [-0.2, -0.15) is 0 Å². The zero-order valence-corrected chi connectivity index (χ0v) is 16.5. The average molecular weight is 409 g/mol. The molecule has 27 heavy (non-hydrogen) atoms. The minimum Gasteiger partial charge on any atom is -0.466 e. The van der Waals surface area contributed by atoms with Gasteiger partial charge in [0.25, 0.3) is 5.91 Å². The number of ether oxygens (including phenoxy) is 1. The first kappa shape index (κ1) is 19.5. The Labute approximate surface area is 165 Å². The summed E-state index contributed by atoms with van der Waals surface area (Å²) in [5.41, 5.74) is 0. The molecule has 1 saturated heterocycles. The number of carbonyl (C=O) groups is 3. The third-order valence-corrected chi connectivity index (χ3v) is 6.45. The molecule has 3 atom stereocenters. The van der Waals surface area contributed by atoms with Crippen LogP contribution in [0, 0.1) is 0 Å². The topological polar surface area (TPSA) is 88.8 Å². The van der Waals surface area contributed by atoms with Crippen LogP contribution in [0.1, 0.15) is 35.9 Å². The van der Waals surface area contributed by atoms with E-state index in [1.807, 2.05) is 24.4 Å². The fraction of sp³-hybridized carbons (Fsp3) is 0.389. The smallest absolute Gasteiger partial charge is 0.330 e. The molecule has 9 heteroatoms. The Morgan fingerprint density at radius 2 is 2.19 bits per heavy atom. The van der Waals surface area contributed by atoms with E-state index in [1.54, 1.807) is 23.5 Å². The van der Waals surface area contributed by atoms with Gasteiger partial charge in [-0.05, 0) is 30.5 Å². The molecule has 0 radical (unpaired) electrons. The molecule has 0 bridgehead atoms. The van der Waals surface area contributed by atoms with Crippen molar-refractivity contribution in [2.45, 2.75) is 31.3 Å². The second-order valence-corrected chi connectivity index (χ2v) is 8.15. The first-order valence-corrected chi connectivity index (χ1v) is 10.3. The highest BCUT2D eigenvalue weighted by Gasteiger charge is 2.43. The quantitative estimate of drug-likeness (QED) is 0.740. The molecule has 1 aliphatic heterocycles. The van der Waals surface area contributed by atoms with Crippen LogP contribution >= 0.6 is 23.1 Å². The van der Waals surface area contributed by atoms with Gasteiger partial charge < -0.3 is 19.4 Å². The number of hydrogen-bond acceptors (Lipinski definition) is 7. The third kappa shape index (κ3) is 4.54. The molecule has 2 aromatic rings. The lowest BCUT2D eigenvalue weighted by atomic mass is 10.2. The van der Waals surface area contributed by atoms with Crippen molar-refractivity contribution in [2.75, 3.05) is 12.4 Å². The van der Waals surface area contributed by atoms with Crippen LogP contribution in [0.15, 0.2) is 40.3 Å². The van der Waals surface area contributed by atoms with Crippen LogP contribution in [0.2, 0.25) is 0 Å². The first-order chi connectivity index (χ1) is 13.0. The van der Waals surface area contributed by atoms with E-state index in [2.05, 4.69) is 5.32 Å². The van der Waals surface area contributed by atoms with Gasteiger partial charge in [-0.25, -0.2) is 4.79 Å². The van der Waals surface area contributed by atoms with E-state index < -0.39 is 12.0 Å². The molecule has 0 spiro atoms. The highest BCUT2D eigenvalue weighted by atomic mass is 32.2. The van der Waals surface area contributed by atoms with E-state index in [9.17, 15) is 14.4 Å². The summed E-state index contributed by atoms with van der Waals surface area (Å²) in [7, 11) is 0. The number of amides is 2. The summed E-state index contributed by atoms with van der Waals surface area (Å²) in [6, 6.07) is 6.43. The molecule has 0 saturated carbocycles. The van der Waals surface area contributed by atoms with E-state index >= 15 is 0 Å². The molecule has 0 aliphatic carbocycles. The van der Waals surface area contributed by atoms with Gasteiger partial charge in [-0.15, -0.1) is 23.1 Å². The monoisotopic (exact) mass is 408 g/mol. The molecule has 7 nitrogen and oxygen atoms in total. The molecule has 3 heterocycles. The lowest BCUT2D eigenvalue weighted by molar-refractivity contribution is -0.156. The Morgan fingerprint density at radius 1 is 1.37 bits per heavy atom. The van der Waals surface area contributed by atoms with E-state index in [0.717, 1.165) is 4.88 Å². The van der Waals surface area contributed by atoms with Gasteiger partial charge in [0, 0.05) is 17.6 Å². The standard InChI is InChI=1S/C18H20N2O5S2/c1-11(15-6-4-8-26-15)19-16(22)9-25-18(23)13-10-27-17(20(13)12(2)21)14-5-3-7-24-14/h3-8,11,13,17H,9-10H2,1-2H3,(H,19,22)/t11-,13+,17+/m0/s1. The van der Waals surface area contributed by atoms with Gasteiger partial charge in [0.1, 0.15) is 17.2 Å². The molecule has 1 fully saturated rings. The SMILES string of the molecule is CC(=O)N1[C@@H](C(=O)OCC(=O)N[C@@H](C)c2cccs2)CS[C@@H]1c1ccco1. The second-order valence-electron chi connectivity index (χ2n) is 6.06. The maximum Gasteiger partial charge on any atom is 0.330 e. The number of thioether (sulfide) groups is 1. The number of nitrogens with zero attached hydrogens (tertiary/aromatic N) is 1. The van der Waals surface area contributed by atoms with Crippen molar-refractivity contribution in [3.63, 3.8) is 0 Å². The molecule has 0 aromatic carbocycles. The van der Waals surface area contributed by atoms with Crippen molar-refractivity contribution in [3.05, 3.63) is 46.5 Å². The van der Waals surface area contributed by atoms with Crippen LogP contribution < -0.4 is 5.32 Å². The number of furan rings is 1. The number of thiophene rings is 1. The van der Waals surface area contributed by atoms with E-state index in [-0.39, 0.29) is 29.8 Å². The lowest BCUT2D eigenvalue weighted by Crippen LogP contribution is -2.43. The Kier molecular flexibility index (Phi) is 6.22. The highest BCUT2D eigenvalue weighted by Crippen LogP contribution is 2.41. The van der Waals surface area contributed by atoms with Crippen LogP contribution in [0.5, 0.6) is 0 Å². The zero-order valence-electron chi connectivity index (χ0n) is 14.9. The summed E-state index contributed by atoms with van der Waals surface area (Å²) in [6.07, 6.45) is 1.53. The van der Waals surface area contributed by atoms with Gasteiger partial charge >= 0.3 is 5.97 Å². The van der Waals surface area contributed by atoms with Crippen molar-refractivity contribution in [2.24, 2.45) is 0 Å². The van der Waals surface area contributed by atoms with Gasteiger partial charge in [0.15, 0.2) is 6.61 Å². The lowest BCUT2D eigenvalue weighted by Gasteiger charge is -2.25. The number of hydrogen-bond donors (Lipinski definition) is 1. The van der Waals surface area contributed by atoms with Crippen LogP contribution in [0.25, 0.3) is 0 Å². The van der Waals surface area contributed by atoms with E-state index in [0.29, 0.717) is 11.5 Å². The minimum absolute atomic E-state index is 0.157. The highest BCUT2D eigenvalue weighted by molar-refractivity contribution is 7.99. The van der Waals surface area contributed by atoms with Crippen molar-refractivity contribution >= 4 is 40.9 Å². The summed E-state index contributed by atoms with van der Waals surface area (Å²) >= 11 is 2.97. The van der Waals surface area contributed by atoms with E-state index in [4.69, 9.17) is 9.15 Å². The Bertz CT molecular complexity index is 791. The van der Waals surface area contributed by atoms with Gasteiger partial charge in [0.2, 0.25) is 5.91 Å². The fourth-order valence-electron chi connectivity index (χ4n) is 2.85. The number of carbonyl (C=O) groups excluding carboxylic acids is 3. The van der Waals surface area contributed by atoms with Gasteiger partial charge in [0.05, 0.1) is 12.3 Å². The molecule has 2 aromatic heterocycles. The molecule has 1 N–H and O–H groups in total. The summed E-state index contributed by atoms with van der Waals surface area (Å²) in [6.45, 7) is 2.88. The van der Waals surface area contributed by atoms with Crippen molar-refractivity contribution in [1.29, 1.82) is 0 Å². The van der Waals surface area contributed by atoms with Crippen LogP contribution in [0.4, 0.5) is 0 Å². The Balaban J connectivity index is 1.55. The minimum atomic E-state index is -0.745. The average Bonchev–Trinajstić information content (AvgIpc) is 3.39. The predicted molar refractivity (Wildman–Crippen MR) is 102 cm³/mol. The maximum atomic E-state index is 12.5. The largest absolute Gasteiger partial charge is 0.466 e. The van der Waals surface area contributed by atoms with Gasteiger partial charge in [-0.3, -0.25) is 9.59 Å². The Hall–Kier alpha value is -2.26. The molecular weight excluding hydrogens is 388 g/mol. The molecule has 144 valence electrons. The van der Waals surface area contributed by atoms with Crippen molar-refractivity contribution < 1.29 is 23.5 Å². The third-order valence-electron chi connectivity index (χ3n) is 4.12. The van der Waals surface area contributed by atoms with Crippen LogP contribution in [-0.2, 0) is 19.1 Å². The Morgan fingerprint density at radius 3 is 2.81 bits per heavy atom. The number of nitrogens with one attached hydrogen (secondary N) is 1. The normalized spacial score (nSPS) is 20.3. The van der Waals surface area contributed by atoms with Crippen molar-refractivity contribution in [1.82, 2.24) is 10.2 Å².